The summed E-state index contributed by atoms with van der Waals surface area (Å²) >= 11 is 0. The first kappa shape index (κ1) is 15.1. The summed E-state index contributed by atoms with van der Waals surface area (Å²) in [7, 11) is 4.10. The van der Waals surface area contributed by atoms with Gasteiger partial charge >= 0.3 is 0 Å². The lowest BCUT2D eigenvalue weighted by Crippen LogP contribution is -2.41. The number of aliphatic hydroxyl groups is 1. The highest BCUT2D eigenvalue weighted by atomic mass is 16.3. The summed E-state index contributed by atoms with van der Waals surface area (Å²) in [5.74, 6) is 0. The average Bonchev–Trinajstić information content (AvgIpc) is 2.48. The Hall–Kier alpha value is -1.32. The molecule has 2 rings (SSSR count). The predicted octanol–water partition coefficient (Wildman–Crippen LogP) is 2.61. The third-order valence-corrected chi connectivity index (χ3v) is 4.02. The largest absolute Gasteiger partial charge is 0.395 e. The molecule has 1 N–H and O–H groups in total. The summed E-state index contributed by atoms with van der Waals surface area (Å²) in [6, 6.07) is 8.91. The topological polar surface area (TPSA) is 26.7 Å². The fourth-order valence-corrected chi connectivity index (χ4v) is 2.71. The van der Waals surface area contributed by atoms with Crippen molar-refractivity contribution < 1.29 is 5.11 Å². The maximum atomic E-state index is 9.39. The smallest absolute Gasteiger partial charge is 0.0586 e. The van der Waals surface area contributed by atoms with Crippen LogP contribution in [0.15, 0.2) is 30.3 Å². The van der Waals surface area contributed by atoms with E-state index in [0.717, 1.165) is 19.5 Å². The van der Waals surface area contributed by atoms with Crippen molar-refractivity contribution in [3.8, 4) is 0 Å². The Morgan fingerprint density at radius 2 is 2.00 bits per heavy atom. The third-order valence-electron chi connectivity index (χ3n) is 4.02. The molecular formula is C17H26N2O. The molecule has 0 saturated carbocycles. The molecule has 1 saturated heterocycles. The molecule has 0 aromatic heterocycles. The van der Waals surface area contributed by atoms with Crippen molar-refractivity contribution in [1.82, 2.24) is 4.90 Å². The van der Waals surface area contributed by atoms with E-state index in [0.29, 0.717) is 6.04 Å². The Bertz CT molecular complexity index is 425. The minimum absolute atomic E-state index is 0.283. The van der Waals surface area contributed by atoms with Crippen LogP contribution in [0.4, 0.5) is 5.69 Å². The van der Waals surface area contributed by atoms with Gasteiger partial charge in [0.25, 0.3) is 0 Å². The summed E-state index contributed by atoms with van der Waals surface area (Å²) in [6.07, 6.45) is 8.00. The summed E-state index contributed by atoms with van der Waals surface area (Å²) in [6.45, 7) is 2.32. The van der Waals surface area contributed by atoms with Crippen LogP contribution in [0.5, 0.6) is 0 Å². The van der Waals surface area contributed by atoms with Crippen molar-refractivity contribution in [2.75, 3.05) is 38.7 Å². The highest BCUT2D eigenvalue weighted by Crippen LogP contribution is 2.17. The molecule has 3 heteroatoms. The van der Waals surface area contributed by atoms with Crippen molar-refractivity contribution in [2.24, 2.45) is 0 Å². The minimum atomic E-state index is 0.283. The molecule has 1 aromatic carbocycles. The van der Waals surface area contributed by atoms with E-state index in [-0.39, 0.29) is 6.61 Å². The van der Waals surface area contributed by atoms with Gasteiger partial charge in [-0.05, 0) is 37.1 Å². The van der Waals surface area contributed by atoms with Crippen LogP contribution >= 0.6 is 0 Å². The second-order valence-corrected chi connectivity index (χ2v) is 5.72. The molecule has 0 bridgehead atoms. The molecule has 0 spiro atoms. The van der Waals surface area contributed by atoms with Gasteiger partial charge in [-0.25, -0.2) is 0 Å². The van der Waals surface area contributed by atoms with Crippen LogP contribution in [0.1, 0.15) is 24.8 Å². The predicted molar refractivity (Wildman–Crippen MR) is 86.1 cm³/mol. The number of aliphatic hydroxyl groups excluding tert-OH is 1. The first-order chi connectivity index (χ1) is 9.70. The van der Waals surface area contributed by atoms with Crippen molar-refractivity contribution in [3.05, 3.63) is 35.9 Å². The van der Waals surface area contributed by atoms with E-state index in [2.05, 4.69) is 60.3 Å². The van der Waals surface area contributed by atoms with Gasteiger partial charge in [0.05, 0.1) is 6.61 Å². The van der Waals surface area contributed by atoms with Gasteiger partial charge in [0.1, 0.15) is 0 Å². The molecule has 0 aliphatic carbocycles. The van der Waals surface area contributed by atoms with Gasteiger partial charge in [-0.3, -0.25) is 4.90 Å². The van der Waals surface area contributed by atoms with Gasteiger partial charge in [-0.15, -0.1) is 0 Å². The van der Waals surface area contributed by atoms with E-state index < -0.39 is 0 Å². The first-order valence-corrected chi connectivity index (χ1v) is 7.49. The number of piperidine rings is 1. The second kappa shape index (κ2) is 7.46. The Morgan fingerprint density at radius 3 is 2.65 bits per heavy atom. The van der Waals surface area contributed by atoms with Gasteiger partial charge in [0.2, 0.25) is 0 Å². The lowest BCUT2D eigenvalue weighted by molar-refractivity contribution is 0.101. The molecule has 1 unspecified atom stereocenters. The molecule has 1 atom stereocenters. The zero-order valence-electron chi connectivity index (χ0n) is 12.6. The molecule has 1 fully saturated rings. The lowest BCUT2D eigenvalue weighted by atomic mass is 10.0. The Morgan fingerprint density at radius 1 is 1.25 bits per heavy atom. The number of nitrogens with zero attached hydrogens (tertiary/aromatic N) is 2. The van der Waals surface area contributed by atoms with E-state index in [1.165, 1.54) is 24.1 Å². The minimum Gasteiger partial charge on any atom is -0.395 e. The van der Waals surface area contributed by atoms with Gasteiger partial charge in [0, 0.05) is 32.4 Å². The Kier molecular flexibility index (Phi) is 5.62. The number of rotatable bonds is 5. The molecule has 0 radical (unpaired) electrons. The number of anilines is 1. The van der Waals surface area contributed by atoms with Gasteiger partial charge < -0.3 is 10.0 Å². The first-order valence-electron chi connectivity index (χ1n) is 7.49. The Balaban J connectivity index is 1.89. The molecule has 110 valence electrons. The molecule has 0 amide bonds. The van der Waals surface area contributed by atoms with Crippen LogP contribution in [0.2, 0.25) is 0 Å². The fourth-order valence-electron chi connectivity index (χ4n) is 2.71. The second-order valence-electron chi connectivity index (χ2n) is 5.72. The highest BCUT2D eigenvalue weighted by molar-refractivity contribution is 5.55. The molecule has 1 aliphatic rings. The van der Waals surface area contributed by atoms with Crippen LogP contribution in [-0.4, -0.2) is 49.8 Å². The van der Waals surface area contributed by atoms with Crippen molar-refractivity contribution >= 4 is 11.8 Å². The normalized spacial score (nSPS) is 20.4. The van der Waals surface area contributed by atoms with E-state index >= 15 is 0 Å². The standard InChI is InChI=1S/C17H26N2O/c1-18(2)16-10-8-15(9-11-16)6-5-13-19-12-4-3-7-17(19)14-20/h5-6,8-11,17,20H,3-4,7,12-14H2,1-2H3. The van der Waals surface area contributed by atoms with Crippen LogP contribution in [0, 0.1) is 0 Å². The van der Waals surface area contributed by atoms with E-state index in [4.69, 9.17) is 0 Å². The van der Waals surface area contributed by atoms with E-state index in [1.54, 1.807) is 0 Å². The van der Waals surface area contributed by atoms with E-state index in [9.17, 15) is 5.11 Å². The van der Waals surface area contributed by atoms with Crippen LogP contribution in [0.3, 0.4) is 0 Å². The van der Waals surface area contributed by atoms with Crippen LogP contribution in [0.25, 0.3) is 6.08 Å². The molecule has 3 nitrogen and oxygen atoms in total. The van der Waals surface area contributed by atoms with Crippen LogP contribution < -0.4 is 4.90 Å². The van der Waals surface area contributed by atoms with Crippen molar-refractivity contribution in [2.45, 2.75) is 25.3 Å². The summed E-state index contributed by atoms with van der Waals surface area (Å²) in [4.78, 5) is 4.49. The lowest BCUT2D eigenvalue weighted by Gasteiger charge is -2.33. The average molecular weight is 274 g/mol. The molecule has 20 heavy (non-hydrogen) atoms. The summed E-state index contributed by atoms with van der Waals surface area (Å²) in [5, 5.41) is 9.39. The maximum absolute atomic E-state index is 9.39. The maximum Gasteiger partial charge on any atom is 0.0586 e. The number of hydrogen-bond acceptors (Lipinski definition) is 3. The third kappa shape index (κ3) is 4.09. The number of likely N-dealkylation sites (tertiary alicyclic amines) is 1. The number of hydrogen-bond donors (Lipinski definition) is 1. The zero-order chi connectivity index (χ0) is 14.4. The Labute approximate surface area is 122 Å². The zero-order valence-corrected chi connectivity index (χ0v) is 12.6. The SMILES string of the molecule is CN(C)c1ccc(C=CCN2CCCCC2CO)cc1. The highest BCUT2D eigenvalue weighted by Gasteiger charge is 2.19. The molecular weight excluding hydrogens is 248 g/mol. The van der Waals surface area contributed by atoms with Crippen molar-refractivity contribution in [1.29, 1.82) is 0 Å². The quantitative estimate of drug-likeness (QED) is 0.894. The summed E-state index contributed by atoms with van der Waals surface area (Å²) in [5.41, 5.74) is 2.45. The fraction of sp³-hybridized carbons (Fsp3) is 0.529. The van der Waals surface area contributed by atoms with E-state index in [1.807, 2.05) is 0 Å². The van der Waals surface area contributed by atoms with Gasteiger partial charge in [-0.2, -0.15) is 0 Å². The van der Waals surface area contributed by atoms with Gasteiger partial charge in [-0.1, -0.05) is 30.7 Å². The molecule has 1 aromatic rings. The van der Waals surface area contributed by atoms with Gasteiger partial charge in [0.15, 0.2) is 0 Å². The molecule has 1 heterocycles. The van der Waals surface area contributed by atoms with Crippen LogP contribution in [-0.2, 0) is 0 Å². The monoisotopic (exact) mass is 274 g/mol. The number of benzene rings is 1. The summed E-state index contributed by atoms with van der Waals surface area (Å²) < 4.78 is 0. The van der Waals surface area contributed by atoms with Crippen molar-refractivity contribution in [3.63, 3.8) is 0 Å². The molecule has 1 aliphatic heterocycles.